The number of rotatable bonds is 1. The molecule has 1 saturated heterocycles. The maximum atomic E-state index is 12.4. The molecule has 112 valence electrons. The van der Waals surface area contributed by atoms with E-state index in [0.29, 0.717) is 0 Å². The monoisotopic (exact) mass is 287 g/mol. The summed E-state index contributed by atoms with van der Waals surface area (Å²) in [5, 5.41) is 0. The third-order valence-corrected chi connectivity index (χ3v) is 3.70. The van der Waals surface area contributed by atoms with Gasteiger partial charge in [0.15, 0.2) is 0 Å². The predicted octanol–water partition coefficient (Wildman–Crippen LogP) is 3.63. The lowest BCUT2D eigenvalue weighted by Gasteiger charge is -2.28. The van der Waals surface area contributed by atoms with Crippen LogP contribution in [0.25, 0.3) is 11.0 Å². The van der Waals surface area contributed by atoms with Crippen LogP contribution in [0.15, 0.2) is 24.5 Å². The Morgan fingerprint density at radius 3 is 3.05 bits per heavy atom. The van der Waals surface area contributed by atoms with Crippen LogP contribution in [0, 0.1) is 0 Å². The molecule has 1 aliphatic heterocycles. The standard InChI is InChI=1S/C16H21N3O2/c1-16(2,3)21-15(20)19-9-5-7-13(19)11-10-18-12-6-4-8-17-14(11)12/h4,6,8,10,13,18H,5,7,9H2,1-3H3. The lowest BCUT2D eigenvalue weighted by atomic mass is 10.1. The summed E-state index contributed by atoms with van der Waals surface area (Å²) in [5.74, 6) is 0. The van der Waals surface area contributed by atoms with Gasteiger partial charge >= 0.3 is 6.09 Å². The summed E-state index contributed by atoms with van der Waals surface area (Å²) in [5.41, 5.74) is 2.55. The fraction of sp³-hybridized carbons (Fsp3) is 0.500. The second-order valence-electron chi connectivity index (χ2n) is 6.48. The van der Waals surface area contributed by atoms with Crippen LogP contribution in [-0.2, 0) is 4.74 Å². The van der Waals surface area contributed by atoms with Gasteiger partial charge in [0.1, 0.15) is 5.60 Å². The number of carbonyl (C=O) groups is 1. The Hall–Kier alpha value is -2.04. The zero-order valence-corrected chi connectivity index (χ0v) is 12.7. The van der Waals surface area contributed by atoms with Crippen molar-refractivity contribution in [2.45, 2.75) is 45.3 Å². The number of hydrogen-bond donors (Lipinski definition) is 1. The zero-order valence-electron chi connectivity index (χ0n) is 12.7. The number of fused-ring (bicyclic) bond motifs is 1. The number of H-pyrrole nitrogens is 1. The summed E-state index contributed by atoms with van der Waals surface area (Å²) in [6.45, 7) is 6.41. The molecule has 0 aromatic carbocycles. The molecule has 0 aliphatic carbocycles. The van der Waals surface area contributed by atoms with Crippen LogP contribution in [0.4, 0.5) is 4.79 Å². The SMILES string of the molecule is CC(C)(C)OC(=O)N1CCCC1c1c[nH]c2cccnc12. The third-order valence-electron chi connectivity index (χ3n) is 3.70. The molecular formula is C16H21N3O2. The molecule has 21 heavy (non-hydrogen) atoms. The first-order chi connectivity index (χ1) is 9.96. The quantitative estimate of drug-likeness (QED) is 0.871. The lowest BCUT2D eigenvalue weighted by Crippen LogP contribution is -2.36. The number of likely N-dealkylation sites (tertiary alicyclic amines) is 1. The van der Waals surface area contributed by atoms with E-state index in [2.05, 4.69) is 9.97 Å². The van der Waals surface area contributed by atoms with Crippen molar-refractivity contribution in [3.05, 3.63) is 30.1 Å². The first kappa shape index (κ1) is 13.9. The smallest absolute Gasteiger partial charge is 0.410 e. The molecule has 1 unspecified atom stereocenters. The number of hydrogen-bond acceptors (Lipinski definition) is 3. The van der Waals surface area contributed by atoms with Crippen molar-refractivity contribution in [2.75, 3.05) is 6.54 Å². The minimum atomic E-state index is -0.470. The van der Waals surface area contributed by atoms with Gasteiger partial charge in [-0.15, -0.1) is 0 Å². The third kappa shape index (κ3) is 2.73. The van der Waals surface area contributed by atoms with Crippen molar-refractivity contribution in [3.8, 4) is 0 Å². The number of aromatic nitrogens is 2. The number of nitrogens with zero attached hydrogens (tertiary/aromatic N) is 2. The van der Waals surface area contributed by atoms with Gasteiger partial charge in [0, 0.05) is 24.5 Å². The van der Waals surface area contributed by atoms with E-state index in [1.165, 1.54) is 0 Å². The van der Waals surface area contributed by atoms with Crippen LogP contribution >= 0.6 is 0 Å². The van der Waals surface area contributed by atoms with Crippen LogP contribution in [0.5, 0.6) is 0 Å². The highest BCUT2D eigenvalue weighted by Gasteiger charge is 2.34. The molecule has 5 heteroatoms. The van der Waals surface area contributed by atoms with Crippen LogP contribution in [0.2, 0.25) is 0 Å². The van der Waals surface area contributed by atoms with Gasteiger partial charge in [-0.1, -0.05) is 0 Å². The number of amides is 1. The van der Waals surface area contributed by atoms with Gasteiger partial charge in [0.25, 0.3) is 0 Å². The Morgan fingerprint density at radius 2 is 2.29 bits per heavy atom. The average Bonchev–Trinajstić information content (AvgIpc) is 3.02. The van der Waals surface area contributed by atoms with Crippen LogP contribution in [0.1, 0.15) is 45.2 Å². The second-order valence-corrected chi connectivity index (χ2v) is 6.48. The van der Waals surface area contributed by atoms with Crippen molar-refractivity contribution >= 4 is 17.1 Å². The van der Waals surface area contributed by atoms with Gasteiger partial charge in [0.05, 0.1) is 17.1 Å². The Kier molecular flexibility index (Phi) is 3.35. The van der Waals surface area contributed by atoms with E-state index < -0.39 is 5.60 Å². The normalized spacial score (nSPS) is 19.2. The van der Waals surface area contributed by atoms with Crippen LogP contribution in [0.3, 0.4) is 0 Å². The largest absolute Gasteiger partial charge is 0.444 e. The predicted molar refractivity (Wildman–Crippen MR) is 81.0 cm³/mol. The summed E-state index contributed by atoms with van der Waals surface area (Å²) < 4.78 is 5.52. The molecule has 2 aromatic heterocycles. The van der Waals surface area contributed by atoms with Crippen molar-refractivity contribution in [1.82, 2.24) is 14.9 Å². The topological polar surface area (TPSA) is 58.2 Å². The minimum Gasteiger partial charge on any atom is -0.444 e. The first-order valence-electron chi connectivity index (χ1n) is 7.37. The van der Waals surface area contributed by atoms with E-state index >= 15 is 0 Å². The van der Waals surface area contributed by atoms with E-state index in [9.17, 15) is 4.79 Å². The van der Waals surface area contributed by atoms with E-state index in [-0.39, 0.29) is 12.1 Å². The molecule has 1 atom stereocenters. The van der Waals surface area contributed by atoms with Crippen molar-refractivity contribution in [2.24, 2.45) is 0 Å². The molecule has 5 nitrogen and oxygen atoms in total. The maximum Gasteiger partial charge on any atom is 0.410 e. The summed E-state index contributed by atoms with van der Waals surface area (Å²) >= 11 is 0. The Balaban J connectivity index is 1.89. The van der Waals surface area contributed by atoms with Crippen molar-refractivity contribution in [3.63, 3.8) is 0 Å². The second kappa shape index (κ2) is 5.06. The minimum absolute atomic E-state index is 0.0449. The summed E-state index contributed by atoms with van der Waals surface area (Å²) in [6.07, 6.45) is 5.44. The molecule has 1 fully saturated rings. The number of carbonyl (C=O) groups excluding carboxylic acids is 1. The van der Waals surface area contributed by atoms with Crippen molar-refractivity contribution in [1.29, 1.82) is 0 Å². The van der Waals surface area contributed by atoms with E-state index in [1.807, 2.05) is 44.0 Å². The maximum absolute atomic E-state index is 12.4. The molecule has 3 rings (SSSR count). The Labute approximate surface area is 124 Å². The molecule has 0 spiro atoms. The van der Waals surface area contributed by atoms with Crippen LogP contribution in [-0.4, -0.2) is 33.1 Å². The molecule has 3 heterocycles. The fourth-order valence-electron chi connectivity index (χ4n) is 2.86. The summed E-state index contributed by atoms with van der Waals surface area (Å²) in [6, 6.07) is 3.95. The molecule has 1 amide bonds. The van der Waals surface area contributed by atoms with Gasteiger partial charge in [-0.2, -0.15) is 0 Å². The van der Waals surface area contributed by atoms with Crippen LogP contribution < -0.4 is 0 Å². The highest BCUT2D eigenvalue weighted by atomic mass is 16.6. The highest BCUT2D eigenvalue weighted by Crippen LogP contribution is 2.36. The molecule has 0 saturated carbocycles. The number of ether oxygens (including phenoxy) is 1. The van der Waals surface area contributed by atoms with Crippen molar-refractivity contribution < 1.29 is 9.53 Å². The number of nitrogens with one attached hydrogen (secondary N) is 1. The number of aromatic amines is 1. The van der Waals surface area contributed by atoms with Gasteiger partial charge in [-0.3, -0.25) is 4.98 Å². The molecule has 0 radical (unpaired) electrons. The summed E-state index contributed by atoms with van der Waals surface area (Å²) in [7, 11) is 0. The highest BCUT2D eigenvalue weighted by molar-refractivity contribution is 5.80. The lowest BCUT2D eigenvalue weighted by molar-refractivity contribution is 0.0225. The Morgan fingerprint density at radius 1 is 1.48 bits per heavy atom. The van der Waals surface area contributed by atoms with Gasteiger partial charge in [-0.05, 0) is 45.7 Å². The molecule has 1 N–H and O–H groups in total. The van der Waals surface area contributed by atoms with Gasteiger partial charge in [-0.25, -0.2) is 4.79 Å². The summed E-state index contributed by atoms with van der Waals surface area (Å²) in [4.78, 5) is 21.9. The zero-order chi connectivity index (χ0) is 15.0. The molecule has 0 bridgehead atoms. The van der Waals surface area contributed by atoms with Gasteiger partial charge in [0.2, 0.25) is 0 Å². The average molecular weight is 287 g/mol. The van der Waals surface area contributed by atoms with E-state index in [1.54, 1.807) is 6.20 Å². The van der Waals surface area contributed by atoms with E-state index in [0.717, 1.165) is 36.0 Å². The molecule has 2 aromatic rings. The molecular weight excluding hydrogens is 266 g/mol. The van der Waals surface area contributed by atoms with E-state index in [4.69, 9.17) is 4.74 Å². The Bertz CT molecular complexity index is 657. The first-order valence-corrected chi connectivity index (χ1v) is 7.37. The fourth-order valence-corrected chi connectivity index (χ4v) is 2.86. The molecule has 1 aliphatic rings. The number of pyridine rings is 1. The van der Waals surface area contributed by atoms with Gasteiger partial charge < -0.3 is 14.6 Å².